The van der Waals surface area contributed by atoms with E-state index in [0.717, 1.165) is 5.57 Å². The van der Waals surface area contributed by atoms with Gasteiger partial charge in [-0.1, -0.05) is 6.08 Å². The number of pyridine rings is 1. The summed E-state index contributed by atoms with van der Waals surface area (Å²) in [5.74, 6) is -1.59. The summed E-state index contributed by atoms with van der Waals surface area (Å²) in [4.78, 5) is 42.3. The predicted molar refractivity (Wildman–Crippen MR) is 122 cm³/mol. The average molecular weight is 454 g/mol. The summed E-state index contributed by atoms with van der Waals surface area (Å²) in [6.07, 6.45) is 2.59. The molecule has 1 unspecified atom stereocenters. The molecule has 1 aromatic carbocycles. The highest BCUT2D eigenvalue weighted by Crippen LogP contribution is 2.33. The maximum absolute atomic E-state index is 15.6. The van der Waals surface area contributed by atoms with Crippen LogP contribution in [0, 0.1) is 12.7 Å². The van der Waals surface area contributed by atoms with Gasteiger partial charge in [0.25, 0.3) is 0 Å². The normalized spacial score (nSPS) is 19.4. The number of hydrogen-bond acceptors (Lipinski definition) is 5. The number of carbonyl (C=O) groups excluding carboxylic acids is 3. The Kier molecular flexibility index (Phi) is 5.95. The van der Waals surface area contributed by atoms with Crippen LogP contribution in [0.25, 0.3) is 16.5 Å². The largest absolute Gasteiger partial charge is 0.444 e. The van der Waals surface area contributed by atoms with Crippen LogP contribution in [0.2, 0.25) is 0 Å². The van der Waals surface area contributed by atoms with Crippen LogP contribution in [-0.4, -0.2) is 46.5 Å². The number of rotatable bonds is 2. The highest BCUT2D eigenvalue weighted by Gasteiger charge is 2.30. The third-order valence-corrected chi connectivity index (χ3v) is 5.98. The van der Waals surface area contributed by atoms with E-state index in [9.17, 15) is 14.4 Å². The molecule has 33 heavy (non-hydrogen) atoms. The van der Waals surface area contributed by atoms with Crippen LogP contribution >= 0.6 is 0 Å². The first kappa shape index (κ1) is 22.9. The topological polar surface area (TPSA) is 88.6 Å². The van der Waals surface area contributed by atoms with E-state index in [-0.39, 0.29) is 24.3 Å². The van der Waals surface area contributed by atoms with Gasteiger partial charge in [-0.15, -0.1) is 0 Å². The molecule has 3 amide bonds. The van der Waals surface area contributed by atoms with E-state index < -0.39 is 17.3 Å². The lowest BCUT2D eigenvalue weighted by Gasteiger charge is -2.29. The summed E-state index contributed by atoms with van der Waals surface area (Å²) in [6, 6.07) is 5.17. The highest BCUT2D eigenvalue weighted by molar-refractivity contribution is 6.01. The van der Waals surface area contributed by atoms with E-state index in [1.165, 1.54) is 0 Å². The van der Waals surface area contributed by atoms with Gasteiger partial charge in [-0.25, -0.2) is 9.18 Å². The van der Waals surface area contributed by atoms with Crippen LogP contribution in [-0.2, 0) is 14.3 Å². The van der Waals surface area contributed by atoms with E-state index in [4.69, 9.17) is 4.74 Å². The van der Waals surface area contributed by atoms with Crippen molar-refractivity contribution in [1.29, 1.82) is 0 Å². The van der Waals surface area contributed by atoms with Gasteiger partial charge in [0.1, 0.15) is 11.4 Å². The predicted octanol–water partition coefficient (Wildman–Crippen LogP) is 4.23. The van der Waals surface area contributed by atoms with Crippen LogP contribution in [0.4, 0.5) is 9.18 Å². The van der Waals surface area contributed by atoms with E-state index in [1.807, 2.05) is 26.8 Å². The van der Waals surface area contributed by atoms with Crippen molar-refractivity contribution in [2.45, 2.75) is 58.5 Å². The molecule has 0 saturated carbocycles. The maximum Gasteiger partial charge on any atom is 0.410 e. The van der Waals surface area contributed by atoms with Crippen LogP contribution in [0.5, 0.6) is 0 Å². The zero-order chi connectivity index (χ0) is 23.9. The molecule has 174 valence electrons. The van der Waals surface area contributed by atoms with Crippen molar-refractivity contribution < 1.29 is 23.5 Å². The standard InChI is InChI=1S/C25H28FN3O4/c1-14-18(17-6-8-21(30)28-23(17)31)13-19-20(27-14)7-5-16(22(19)26)15-9-11-29(12-10-15)24(32)33-25(2,3)4/h5,7,9,13,17H,6,8,10-12H2,1-4H3,(H,28,30,31). The SMILES string of the molecule is Cc1nc2ccc(C3=CCN(C(=O)OC(C)(C)C)CC3)c(F)c2cc1C1CCC(=O)NC1=O. The van der Waals surface area contributed by atoms with Gasteiger partial charge in [0.05, 0.1) is 11.4 Å². The number of piperidine rings is 1. The third kappa shape index (κ3) is 4.74. The lowest BCUT2D eigenvalue weighted by atomic mass is 9.88. The van der Waals surface area contributed by atoms with Crippen LogP contribution in [0.15, 0.2) is 24.3 Å². The summed E-state index contributed by atoms with van der Waals surface area (Å²) < 4.78 is 21.0. The Morgan fingerprint density at radius 1 is 1.24 bits per heavy atom. The number of nitrogens with one attached hydrogen (secondary N) is 1. The summed E-state index contributed by atoms with van der Waals surface area (Å²) in [7, 11) is 0. The lowest BCUT2D eigenvalue weighted by molar-refractivity contribution is -0.134. The Labute approximate surface area is 192 Å². The van der Waals surface area contributed by atoms with Crippen molar-refractivity contribution >= 4 is 34.4 Å². The molecular formula is C25H28FN3O4. The van der Waals surface area contributed by atoms with Crippen LogP contribution < -0.4 is 5.32 Å². The molecular weight excluding hydrogens is 425 g/mol. The Bertz CT molecular complexity index is 1180. The van der Waals surface area contributed by atoms with Crippen molar-refractivity contribution in [3.63, 3.8) is 0 Å². The quantitative estimate of drug-likeness (QED) is 0.688. The number of ether oxygens (including phenoxy) is 1. The van der Waals surface area contributed by atoms with Crippen molar-refractivity contribution in [1.82, 2.24) is 15.2 Å². The van der Waals surface area contributed by atoms with Gasteiger partial charge < -0.3 is 9.64 Å². The molecule has 4 rings (SSSR count). The second kappa shape index (κ2) is 8.57. The van der Waals surface area contributed by atoms with Gasteiger partial charge in [0, 0.05) is 36.2 Å². The first-order valence-electron chi connectivity index (χ1n) is 11.1. The Balaban J connectivity index is 1.63. The van der Waals surface area contributed by atoms with Gasteiger partial charge in [-0.05, 0) is 69.9 Å². The van der Waals surface area contributed by atoms with E-state index in [2.05, 4.69) is 10.3 Å². The highest BCUT2D eigenvalue weighted by atomic mass is 19.1. The molecule has 2 aliphatic heterocycles. The fourth-order valence-electron chi connectivity index (χ4n) is 4.32. The lowest BCUT2D eigenvalue weighted by Crippen LogP contribution is -2.39. The van der Waals surface area contributed by atoms with Gasteiger partial charge in [0.15, 0.2) is 0 Å². The first-order valence-corrected chi connectivity index (χ1v) is 11.1. The number of fused-ring (bicyclic) bond motifs is 1. The van der Waals surface area contributed by atoms with Crippen molar-refractivity contribution in [2.75, 3.05) is 13.1 Å². The fraction of sp³-hybridized carbons (Fsp3) is 0.440. The van der Waals surface area contributed by atoms with Gasteiger partial charge in [0.2, 0.25) is 11.8 Å². The Morgan fingerprint density at radius 3 is 2.64 bits per heavy atom. The molecule has 1 fully saturated rings. The van der Waals surface area contributed by atoms with Gasteiger partial charge in [-0.2, -0.15) is 0 Å². The summed E-state index contributed by atoms with van der Waals surface area (Å²) in [5.41, 5.74) is 2.50. The molecule has 1 atom stereocenters. The number of amides is 3. The number of halogens is 1. The number of imide groups is 1. The minimum absolute atomic E-state index is 0.247. The molecule has 0 radical (unpaired) electrons. The molecule has 1 saturated heterocycles. The Morgan fingerprint density at radius 2 is 2.00 bits per heavy atom. The molecule has 2 aliphatic rings. The molecule has 1 N–H and O–H groups in total. The molecule has 3 heterocycles. The second-order valence-electron chi connectivity index (χ2n) is 9.57. The summed E-state index contributed by atoms with van der Waals surface area (Å²) in [6.45, 7) is 8.03. The number of aromatic nitrogens is 1. The molecule has 2 aromatic rings. The Hall–Kier alpha value is -3.29. The molecule has 0 aliphatic carbocycles. The summed E-state index contributed by atoms with van der Waals surface area (Å²) >= 11 is 0. The van der Waals surface area contributed by atoms with E-state index in [1.54, 1.807) is 30.0 Å². The molecule has 7 nitrogen and oxygen atoms in total. The van der Waals surface area contributed by atoms with Gasteiger partial charge >= 0.3 is 6.09 Å². The average Bonchev–Trinajstić information content (AvgIpc) is 2.73. The van der Waals surface area contributed by atoms with Crippen LogP contribution in [0.1, 0.15) is 62.8 Å². The van der Waals surface area contributed by atoms with E-state index in [0.29, 0.717) is 53.7 Å². The number of hydrogen-bond donors (Lipinski definition) is 1. The fourth-order valence-corrected chi connectivity index (χ4v) is 4.32. The summed E-state index contributed by atoms with van der Waals surface area (Å²) in [5, 5.41) is 2.70. The number of nitrogens with zero attached hydrogens (tertiary/aromatic N) is 2. The van der Waals surface area contributed by atoms with Crippen LogP contribution in [0.3, 0.4) is 0 Å². The maximum atomic E-state index is 15.6. The molecule has 8 heteroatoms. The zero-order valence-corrected chi connectivity index (χ0v) is 19.3. The van der Waals surface area contributed by atoms with Gasteiger partial charge in [-0.3, -0.25) is 19.9 Å². The second-order valence-corrected chi connectivity index (χ2v) is 9.57. The molecule has 0 spiro atoms. The van der Waals surface area contributed by atoms with Crippen molar-refractivity contribution in [2.24, 2.45) is 0 Å². The molecule has 1 aromatic heterocycles. The minimum Gasteiger partial charge on any atom is -0.444 e. The first-order chi connectivity index (χ1) is 15.5. The zero-order valence-electron chi connectivity index (χ0n) is 19.3. The number of aryl methyl sites for hydroxylation is 1. The third-order valence-electron chi connectivity index (χ3n) is 5.98. The van der Waals surface area contributed by atoms with Crippen molar-refractivity contribution in [3.8, 4) is 0 Å². The minimum atomic E-state index is -0.573. The monoisotopic (exact) mass is 453 g/mol. The number of benzene rings is 1. The molecule has 0 bridgehead atoms. The number of carbonyl (C=O) groups is 3. The van der Waals surface area contributed by atoms with E-state index >= 15 is 4.39 Å². The van der Waals surface area contributed by atoms with Crippen molar-refractivity contribution in [3.05, 3.63) is 46.9 Å². The smallest absolute Gasteiger partial charge is 0.410 e.